The van der Waals surface area contributed by atoms with Crippen LogP contribution in [0, 0.1) is 0 Å². The van der Waals surface area contributed by atoms with Crippen LogP contribution in [0.4, 0.5) is 0 Å². The maximum atomic E-state index is 6.27. The predicted octanol–water partition coefficient (Wildman–Crippen LogP) is 3.81. The van der Waals surface area contributed by atoms with Crippen molar-refractivity contribution in [1.29, 1.82) is 0 Å². The molecule has 0 aliphatic carbocycles. The average Bonchev–Trinajstić information content (AvgIpc) is 2.24. The summed E-state index contributed by atoms with van der Waals surface area (Å²) < 4.78 is 6.27. The van der Waals surface area contributed by atoms with Gasteiger partial charge in [-0.3, -0.25) is 0 Å². The SMILES string of the molecule is CNC1CC(C)(C)Oc2c1cccc2C(C)(C)C. The Morgan fingerprint density at radius 2 is 1.94 bits per heavy atom. The highest BCUT2D eigenvalue weighted by molar-refractivity contribution is 5.48. The van der Waals surface area contributed by atoms with E-state index in [9.17, 15) is 0 Å². The fourth-order valence-electron chi connectivity index (χ4n) is 2.71. The Hall–Kier alpha value is -1.02. The van der Waals surface area contributed by atoms with Gasteiger partial charge in [0.05, 0.1) is 0 Å². The van der Waals surface area contributed by atoms with E-state index in [1.54, 1.807) is 0 Å². The number of rotatable bonds is 1. The molecule has 0 bridgehead atoms. The van der Waals surface area contributed by atoms with E-state index >= 15 is 0 Å². The van der Waals surface area contributed by atoms with E-state index < -0.39 is 0 Å². The number of nitrogens with one attached hydrogen (secondary N) is 1. The van der Waals surface area contributed by atoms with E-state index in [0.29, 0.717) is 6.04 Å². The molecule has 0 amide bonds. The maximum absolute atomic E-state index is 6.27. The molecule has 0 saturated heterocycles. The molecule has 0 spiro atoms. The molecule has 1 aromatic carbocycles. The zero-order valence-electron chi connectivity index (χ0n) is 12.4. The summed E-state index contributed by atoms with van der Waals surface area (Å²) in [5.74, 6) is 1.08. The molecule has 0 radical (unpaired) electrons. The van der Waals surface area contributed by atoms with Crippen molar-refractivity contribution in [2.75, 3.05) is 7.05 Å². The molecule has 2 rings (SSSR count). The highest BCUT2D eigenvalue weighted by Crippen LogP contribution is 2.44. The second-order valence-electron chi connectivity index (χ2n) is 6.88. The smallest absolute Gasteiger partial charge is 0.128 e. The number of hydrogen-bond donors (Lipinski definition) is 1. The van der Waals surface area contributed by atoms with Crippen LogP contribution in [0.3, 0.4) is 0 Å². The van der Waals surface area contributed by atoms with E-state index in [4.69, 9.17) is 4.74 Å². The fraction of sp³-hybridized carbons (Fsp3) is 0.625. The summed E-state index contributed by atoms with van der Waals surface area (Å²) in [7, 11) is 2.03. The quantitative estimate of drug-likeness (QED) is 0.815. The van der Waals surface area contributed by atoms with E-state index in [0.717, 1.165) is 12.2 Å². The van der Waals surface area contributed by atoms with Crippen LogP contribution < -0.4 is 10.1 Å². The number of para-hydroxylation sites is 1. The summed E-state index contributed by atoms with van der Waals surface area (Å²) in [4.78, 5) is 0. The molecule has 0 fully saturated rings. The van der Waals surface area contributed by atoms with Gasteiger partial charge in [0.25, 0.3) is 0 Å². The Morgan fingerprint density at radius 3 is 2.50 bits per heavy atom. The molecule has 1 aliphatic heterocycles. The first-order chi connectivity index (χ1) is 8.24. The molecular formula is C16H25NO. The normalized spacial score (nSPS) is 22.2. The number of benzene rings is 1. The monoisotopic (exact) mass is 247 g/mol. The van der Waals surface area contributed by atoms with Crippen LogP contribution in [0.15, 0.2) is 18.2 Å². The van der Waals surface area contributed by atoms with Crippen LogP contribution in [-0.4, -0.2) is 12.6 Å². The van der Waals surface area contributed by atoms with Crippen LogP contribution in [0.1, 0.15) is 58.2 Å². The van der Waals surface area contributed by atoms with Crippen LogP contribution >= 0.6 is 0 Å². The molecule has 1 N–H and O–H groups in total. The lowest BCUT2D eigenvalue weighted by Crippen LogP contribution is -2.39. The van der Waals surface area contributed by atoms with Crippen molar-refractivity contribution in [3.63, 3.8) is 0 Å². The molecule has 18 heavy (non-hydrogen) atoms. The van der Waals surface area contributed by atoms with Gasteiger partial charge in [-0.05, 0) is 31.9 Å². The minimum Gasteiger partial charge on any atom is -0.487 e. The molecule has 1 atom stereocenters. The van der Waals surface area contributed by atoms with Crippen molar-refractivity contribution in [3.05, 3.63) is 29.3 Å². The third-order valence-corrected chi connectivity index (χ3v) is 3.65. The number of fused-ring (bicyclic) bond motifs is 1. The Kier molecular flexibility index (Phi) is 3.18. The Bertz CT molecular complexity index is 443. The highest BCUT2D eigenvalue weighted by atomic mass is 16.5. The molecule has 1 aromatic rings. The van der Waals surface area contributed by atoms with Gasteiger partial charge in [-0.2, -0.15) is 0 Å². The topological polar surface area (TPSA) is 21.3 Å². The number of hydrogen-bond acceptors (Lipinski definition) is 2. The average molecular weight is 247 g/mol. The third kappa shape index (κ3) is 2.39. The first-order valence-corrected chi connectivity index (χ1v) is 6.74. The van der Waals surface area contributed by atoms with Crippen LogP contribution in [-0.2, 0) is 5.41 Å². The van der Waals surface area contributed by atoms with Gasteiger partial charge < -0.3 is 10.1 Å². The van der Waals surface area contributed by atoms with E-state index in [-0.39, 0.29) is 11.0 Å². The van der Waals surface area contributed by atoms with Crippen molar-refractivity contribution >= 4 is 0 Å². The molecule has 1 heterocycles. The van der Waals surface area contributed by atoms with Crippen molar-refractivity contribution < 1.29 is 4.74 Å². The van der Waals surface area contributed by atoms with Crippen molar-refractivity contribution in [1.82, 2.24) is 5.32 Å². The van der Waals surface area contributed by atoms with Gasteiger partial charge in [-0.1, -0.05) is 39.0 Å². The zero-order valence-corrected chi connectivity index (χ0v) is 12.4. The van der Waals surface area contributed by atoms with Gasteiger partial charge in [0.2, 0.25) is 0 Å². The molecule has 2 nitrogen and oxygen atoms in total. The Labute approximate surface area is 111 Å². The zero-order chi connectivity index (χ0) is 13.6. The first kappa shape index (κ1) is 13.4. The first-order valence-electron chi connectivity index (χ1n) is 6.74. The van der Waals surface area contributed by atoms with Gasteiger partial charge in [0.15, 0.2) is 0 Å². The number of ether oxygens (including phenoxy) is 1. The molecule has 2 heteroatoms. The van der Waals surface area contributed by atoms with Crippen LogP contribution in [0.25, 0.3) is 0 Å². The lowest BCUT2D eigenvalue weighted by molar-refractivity contribution is 0.0650. The third-order valence-electron chi connectivity index (χ3n) is 3.65. The summed E-state index contributed by atoms with van der Waals surface area (Å²) in [5.41, 5.74) is 2.59. The summed E-state index contributed by atoms with van der Waals surface area (Å²) in [6, 6.07) is 6.89. The fourth-order valence-corrected chi connectivity index (χ4v) is 2.71. The lowest BCUT2D eigenvalue weighted by atomic mass is 9.81. The van der Waals surface area contributed by atoms with Crippen LogP contribution in [0.2, 0.25) is 0 Å². The summed E-state index contributed by atoms with van der Waals surface area (Å²) >= 11 is 0. The minimum absolute atomic E-state index is 0.108. The molecule has 1 unspecified atom stereocenters. The van der Waals surface area contributed by atoms with Gasteiger partial charge in [-0.25, -0.2) is 0 Å². The molecule has 1 aliphatic rings. The second-order valence-corrected chi connectivity index (χ2v) is 6.88. The highest BCUT2D eigenvalue weighted by Gasteiger charge is 2.35. The Morgan fingerprint density at radius 1 is 1.28 bits per heavy atom. The molecular weight excluding hydrogens is 222 g/mol. The summed E-state index contributed by atoms with van der Waals surface area (Å²) in [6.45, 7) is 11.0. The second kappa shape index (κ2) is 4.27. The van der Waals surface area contributed by atoms with Crippen LogP contribution in [0.5, 0.6) is 5.75 Å². The van der Waals surface area contributed by atoms with Gasteiger partial charge in [0, 0.05) is 18.0 Å². The van der Waals surface area contributed by atoms with Gasteiger partial charge >= 0.3 is 0 Å². The largest absolute Gasteiger partial charge is 0.487 e. The minimum atomic E-state index is -0.109. The van der Waals surface area contributed by atoms with Crippen molar-refractivity contribution in [3.8, 4) is 5.75 Å². The molecule has 100 valence electrons. The standard InChI is InChI=1S/C16H25NO/c1-15(2,3)12-9-7-8-11-13(17-6)10-16(4,5)18-14(11)12/h7-9,13,17H,10H2,1-6H3. The van der Waals surface area contributed by atoms with E-state index in [1.807, 2.05) is 7.05 Å². The van der Waals surface area contributed by atoms with Crippen molar-refractivity contribution in [2.45, 2.75) is 58.1 Å². The van der Waals surface area contributed by atoms with E-state index in [1.165, 1.54) is 11.1 Å². The predicted molar refractivity (Wildman–Crippen MR) is 76.3 cm³/mol. The Balaban J connectivity index is 2.58. The van der Waals surface area contributed by atoms with Gasteiger partial charge in [-0.15, -0.1) is 0 Å². The van der Waals surface area contributed by atoms with Crippen molar-refractivity contribution in [2.24, 2.45) is 0 Å². The summed E-state index contributed by atoms with van der Waals surface area (Å²) in [5, 5.41) is 3.41. The van der Waals surface area contributed by atoms with E-state index in [2.05, 4.69) is 58.1 Å². The summed E-state index contributed by atoms with van der Waals surface area (Å²) in [6.07, 6.45) is 1.00. The molecule has 0 saturated carbocycles. The molecule has 0 aromatic heterocycles. The maximum Gasteiger partial charge on any atom is 0.128 e. The lowest BCUT2D eigenvalue weighted by Gasteiger charge is -2.40. The van der Waals surface area contributed by atoms with Gasteiger partial charge in [0.1, 0.15) is 11.4 Å².